The van der Waals surface area contributed by atoms with Gasteiger partial charge in [-0.05, 0) is 53.9 Å². The summed E-state index contributed by atoms with van der Waals surface area (Å²) >= 11 is 0. The number of benzene rings is 3. The first-order valence-corrected chi connectivity index (χ1v) is 10.6. The van der Waals surface area contributed by atoms with Crippen molar-refractivity contribution in [2.45, 2.75) is 25.9 Å². The Balaban J connectivity index is 1.26. The van der Waals surface area contributed by atoms with Crippen molar-refractivity contribution in [3.05, 3.63) is 90.0 Å². The molecule has 0 unspecified atom stereocenters. The average Bonchev–Trinajstić information content (AvgIpc) is 3.22. The number of nitrogens with zero attached hydrogens (tertiary/aromatic N) is 3. The Morgan fingerprint density at radius 2 is 1.59 bits per heavy atom. The molecule has 0 spiro atoms. The van der Waals surface area contributed by atoms with Crippen molar-refractivity contribution in [1.29, 1.82) is 0 Å². The standard InChI is InChI=1S/C25H25N5O2/c31-24-10-5-15-30(24)18-20-7-4-6-19(16-20)17-26-25(32)27-21-11-13-23(14-12-21)29-28-22-8-2-1-3-9-22/h1-4,6-9,11-14,16H,5,10,15,17-18H2,(H2,26,27,32). The Morgan fingerprint density at radius 3 is 2.31 bits per heavy atom. The monoisotopic (exact) mass is 427 g/mol. The van der Waals surface area contributed by atoms with Crippen LogP contribution in [-0.4, -0.2) is 23.4 Å². The highest BCUT2D eigenvalue weighted by molar-refractivity contribution is 5.89. The smallest absolute Gasteiger partial charge is 0.319 e. The fourth-order valence-electron chi connectivity index (χ4n) is 3.51. The maximum absolute atomic E-state index is 12.3. The molecule has 2 N–H and O–H groups in total. The number of carbonyl (C=O) groups is 2. The Labute approximate surface area is 187 Å². The summed E-state index contributed by atoms with van der Waals surface area (Å²) in [6.07, 6.45) is 1.56. The molecule has 0 aliphatic carbocycles. The lowest BCUT2D eigenvalue weighted by atomic mass is 10.1. The summed E-state index contributed by atoms with van der Waals surface area (Å²) in [6.45, 7) is 1.83. The SMILES string of the molecule is O=C(NCc1cccc(CN2CCCC2=O)c1)Nc1ccc(N=Nc2ccccc2)cc1. The Bertz CT molecular complexity index is 1100. The van der Waals surface area contributed by atoms with E-state index in [0.29, 0.717) is 30.9 Å². The van der Waals surface area contributed by atoms with E-state index in [9.17, 15) is 9.59 Å². The van der Waals surface area contributed by atoms with Crippen LogP contribution in [0.3, 0.4) is 0 Å². The minimum absolute atomic E-state index is 0.209. The van der Waals surface area contributed by atoms with Crippen molar-refractivity contribution >= 4 is 29.0 Å². The van der Waals surface area contributed by atoms with Crippen LogP contribution < -0.4 is 10.6 Å². The normalized spacial score (nSPS) is 13.5. The average molecular weight is 428 g/mol. The molecular formula is C25H25N5O2. The summed E-state index contributed by atoms with van der Waals surface area (Å²) in [6, 6.07) is 24.3. The minimum atomic E-state index is -0.288. The van der Waals surface area contributed by atoms with E-state index in [-0.39, 0.29) is 11.9 Å². The van der Waals surface area contributed by atoms with E-state index in [0.717, 1.165) is 29.8 Å². The molecule has 4 rings (SSSR count). The highest BCUT2D eigenvalue weighted by Gasteiger charge is 2.19. The van der Waals surface area contributed by atoms with E-state index in [1.807, 2.05) is 59.5 Å². The zero-order chi connectivity index (χ0) is 22.2. The third-order valence-electron chi connectivity index (χ3n) is 5.15. The summed E-state index contributed by atoms with van der Waals surface area (Å²) in [7, 11) is 0. The first kappa shape index (κ1) is 21.2. The number of urea groups is 1. The molecule has 7 nitrogen and oxygen atoms in total. The molecule has 0 radical (unpaired) electrons. The van der Waals surface area contributed by atoms with Crippen LogP contribution in [0.15, 0.2) is 89.1 Å². The van der Waals surface area contributed by atoms with Crippen LogP contribution in [0.4, 0.5) is 21.9 Å². The largest absolute Gasteiger partial charge is 0.338 e. The molecule has 0 aromatic heterocycles. The van der Waals surface area contributed by atoms with Crippen molar-refractivity contribution < 1.29 is 9.59 Å². The maximum Gasteiger partial charge on any atom is 0.319 e. The van der Waals surface area contributed by atoms with E-state index in [1.54, 1.807) is 24.3 Å². The first-order valence-electron chi connectivity index (χ1n) is 10.6. The van der Waals surface area contributed by atoms with Crippen LogP contribution >= 0.6 is 0 Å². The van der Waals surface area contributed by atoms with E-state index in [4.69, 9.17) is 0 Å². The van der Waals surface area contributed by atoms with Gasteiger partial charge in [-0.1, -0.05) is 42.5 Å². The summed E-state index contributed by atoms with van der Waals surface area (Å²) in [5, 5.41) is 14.1. The molecule has 162 valence electrons. The summed E-state index contributed by atoms with van der Waals surface area (Å²) < 4.78 is 0. The van der Waals surface area contributed by atoms with E-state index in [1.165, 1.54) is 0 Å². The maximum atomic E-state index is 12.3. The van der Waals surface area contributed by atoms with Crippen LogP contribution in [0, 0.1) is 0 Å². The molecule has 1 fully saturated rings. The second kappa shape index (κ2) is 10.3. The fraction of sp³-hybridized carbons (Fsp3) is 0.200. The van der Waals surface area contributed by atoms with Gasteiger partial charge in [-0.25, -0.2) is 4.79 Å². The van der Waals surface area contributed by atoms with Gasteiger partial charge in [0.15, 0.2) is 0 Å². The zero-order valence-corrected chi connectivity index (χ0v) is 17.7. The molecule has 1 aliphatic heterocycles. The highest BCUT2D eigenvalue weighted by Crippen LogP contribution is 2.20. The number of nitrogens with one attached hydrogen (secondary N) is 2. The number of carbonyl (C=O) groups excluding carboxylic acids is 2. The summed E-state index contributed by atoms with van der Waals surface area (Å²) in [5.74, 6) is 0.209. The lowest BCUT2D eigenvalue weighted by molar-refractivity contribution is -0.128. The van der Waals surface area contributed by atoms with Crippen LogP contribution in [0.1, 0.15) is 24.0 Å². The fourth-order valence-corrected chi connectivity index (χ4v) is 3.51. The second-order valence-corrected chi connectivity index (χ2v) is 7.63. The molecule has 0 bridgehead atoms. The van der Waals surface area contributed by atoms with Crippen molar-refractivity contribution in [1.82, 2.24) is 10.2 Å². The molecule has 1 heterocycles. The molecule has 3 aromatic carbocycles. The number of azo groups is 1. The molecule has 0 atom stereocenters. The van der Waals surface area contributed by atoms with Gasteiger partial charge in [-0.15, -0.1) is 0 Å². The van der Waals surface area contributed by atoms with Gasteiger partial charge in [0.2, 0.25) is 5.91 Å². The summed E-state index contributed by atoms with van der Waals surface area (Å²) in [5.41, 5.74) is 4.21. The Morgan fingerprint density at radius 1 is 0.875 bits per heavy atom. The third-order valence-corrected chi connectivity index (χ3v) is 5.15. The van der Waals surface area contributed by atoms with Gasteiger partial charge in [-0.3, -0.25) is 4.79 Å². The van der Waals surface area contributed by atoms with E-state index in [2.05, 4.69) is 20.9 Å². The lowest BCUT2D eigenvalue weighted by Gasteiger charge is -2.16. The lowest BCUT2D eigenvalue weighted by Crippen LogP contribution is -2.28. The Kier molecular flexibility index (Phi) is 6.87. The van der Waals surface area contributed by atoms with Crippen molar-refractivity contribution in [3.8, 4) is 0 Å². The summed E-state index contributed by atoms with van der Waals surface area (Å²) in [4.78, 5) is 26.0. The van der Waals surface area contributed by atoms with Gasteiger partial charge in [0.25, 0.3) is 0 Å². The van der Waals surface area contributed by atoms with Crippen molar-refractivity contribution in [2.24, 2.45) is 10.2 Å². The van der Waals surface area contributed by atoms with E-state index < -0.39 is 0 Å². The first-order chi connectivity index (χ1) is 15.7. The topological polar surface area (TPSA) is 86.2 Å². The van der Waals surface area contributed by atoms with Crippen molar-refractivity contribution in [2.75, 3.05) is 11.9 Å². The number of hydrogen-bond donors (Lipinski definition) is 2. The quantitative estimate of drug-likeness (QED) is 0.485. The van der Waals surface area contributed by atoms with Gasteiger partial charge >= 0.3 is 6.03 Å². The molecule has 0 saturated carbocycles. The molecular weight excluding hydrogens is 402 g/mol. The number of amides is 3. The predicted octanol–water partition coefficient (Wildman–Crippen LogP) is 5.55. The predicted molar refractivity (Wildman–Crippen MR) is 124 cm³/mol. The van der Waals surface area contributed by atoms with Gasteiger partial charge in [0.1, 0.15) is 0 Å². The van der Waals surface area contributed by atoms with Gasteiger partial charge in [-0.2, -0.15) is 10.2 Å². The van der Waals surface area contributed by atoms with Gasteiger partial charge in [0, 0.05) is 31.7 Å². The Hall–Kier alpha value is -4.00. The van der Waals surface area contributed by atoms with Crippen molar-refractivity contribution in [3.63, 3.8) is 0 Å². The third kappa shape index (κ3) is 6.01. The minimum Gasteiger partial charge on any atom is -0.338 e. The molecule has 32 heavy (non-hydrogen) atoms. The van der Waals surface area contributed by atoms with Crippen LogP contribution in [0.25, 0.3) is 0 Å². The van der Waals surface area contributed by atoms with Gasteiger partial charge < -0.3 is 15.5 Å². The molecule has 1 saturated heterocycles. The molecule has 3 amide bonds. The van der Waals surface area contributed by atoms with Gasteiger partial charge in [0.05, 0.1) is 11.4 Å². The highest BCUT2D eigenvalue weighted by atomic mass is 16.2. The van der Waals surface area contributed by atoms with Crippen LogP contribution in [-0.2, 0) is 17.9 Å². The number of likely N-dealkylation sites (tertiary alicyclic amines) is 1. The number of rotatable bonds is 7. The van der Waals surface area contributed by atoms with Crippen LogP contribution in [0.2, 0.25) is 0 Å². The molecule has 3 aromatic rings. The number of anilines is 1. The van der Waals surface area contributed by atoms with E-state index >= 15 is 0 Å². The second-order valence-electron chi connectivity index (χ2n) is 7.63. The zero-order valence-electron chi connectivity index (χ0n) is 17.7. The number of hydrogen-bond acceptors (Lipinski definition) is 4. The molecule has 1 aliphatic rings. The molecule has 7 heteroatoms. The van der Waals surface area contributed by atoms with Crippen LogP contribution in [0.5, 0.6) is 0 Å².